The molecule has 138 valence electrons. The maximum Gasteiger partial charge on any atom is 0.407 e. The van der Waals surface area contributed by atoms with Crippen LogP contribution in [0.2, 0.25) is 0 Å². The molecule has 0 aliphatic carbocycles. The number of ether oxygens (including phenoxy) is 1. The number of nitrogens with one attached hydrogen (secondary N) is 1. The van der Waals surface area contributed by atoms with E-state index in [9.17, 15) is 9.59 Å². The second kappa shape index (κ2) is 7.89. The number of rotatable bonds is 3. The van der Waals surface area contributed by atoms with Crippen LogP contribution in [0.4, 0.5) is 4.79 Å². The van der Waals surface area contributed by atoms with Crippen molar-refractivity contribution >= 4 is 12.0 Å². The smallest absolute Gasteiger partial charge is 0.407 e. The SMILES string of the molecule is Cc1ccccc1CC(=O)N1CC[C@@H](NC(=O)OC(C)(C)C)[C@H](C)C1. The van der Waals surface area contributed by atoms with Crippen molar-refractivity contribution in [1.82, 2.24) is 10.2 Å². The first kappa shape index (κ1) is 19.3. The standard InChI is InChI=1S/C20H30N2O3/c1-14-8-6-7-9-16(14)12-18(23)22-11-10-17(15(2)13-22)21-19(24)25-20(3,4)5/h6-9,15,17H,10-13H2,1-5H3,(H,21,24)/t15-,17-/m1/s1. The summed E-state index contributed by atoms with van der Waals surface area (Å²) in [7, 11) is 0. The minimum absolute atomic E-state index is 0.0392. The quantitative estimate of drug-likeness (QED) is 0.913. The number of carbonyl (C=O) groups excluding carboxylic acids is 2. The van der Waals surface area contributed by atoms with Crippen LogP contribution in [0.15, 0.2) is 24.3 Å². The zero-order valence-corrected chi connectivity index (χ0v) is 16.0. The van der Waals surface area contributed by atoms with Gasteiger partial charge in [-0.15, -0.1) is 0 Å². The van der Waals surface area contributed by atoms with Crippen molar-refractivity contribution in [3.8, 4) is 0 Å². The predicted molar refractivity (Wildman–Crippen MR) is 98.4 cm³/mol. The van der Waals surface area contributed by atoms with Crippen molar-refractivity contribution in [2.45, 2.75) is 59.1 Å². The summed E-state index contributed by atoms with van der Waals surface area (Å²) in [6, 6.07) is 8.03. The van der Waals surface area contributed by atoms with E-state index >= 15 is 0 Å². The van der Waals surface area contributed by atoms with Crippen LogP contribution in [0.3, 0.4) is 0 Å². The number of alkyl carbamates (subject to hydrolysis) is 1. The molecule has 2 rings (SSSR count). The Morgan fingerprint density at radius 3 is 2.56 bits per heavy atom. The third-order valence-electron chi connectivity index (χ3n) is 4.56. The molecule has 1 N–H and O–H groups in total. The number of aryl methyl sites for hydroxylation is 1. The average Bonchev–Trinajstić information content (AvgIpc) is 2.49. The van der Waals surface area contributed by atoms with Crippen LogP contribution in [-0.2, 0) is 16.0 Å². The van der Waals surface area contributed by atoms with Crippen molar-refractivity contribution in [3.63, 3.8) is 0 Å². The Bertz CT molecular complexity index is 622. The van der Waals surface area contributed by atoms with E-state index in [0.717, 1.165) is 17.5 Å². The van der Waals surface area contributed by atoms with Crippen LogP contribution in [0.1, 0.15) is 45.2 Å². The summed E-state index contributed by atoms with van der Waals surface area (Å²) < 4.78 is 5.32. The molecule has 2 atom stereocenters. The monoisotopic (exact) mass is 346 g/mol. The number of nitrogens with zero attached hydrogens (tertiary/aromatic N) is 1. The Morgan fingerprint density at radius 2 is 1.96 bits per heavy atom. The van der Waals surface area contributed by atoms with Gasteiger partial charge in [0.15, 0.2) is 0 Å². The van der Waals surface area contributed by atoms with Crippen LogP contribution in [-0.4, -0.2) is 41.6 Å². The van der Waals surface area contributed by atoms with Crippen LogP contribution < -0.4 is 5.32 Å². The molecule has 5 heteroatoms. The third kappa shape index (κ3) is 5.76. The van der Waals surface area contributed by atoms with Gasteiger partial charge in [-0.2, -0.15) is 0 Å². The molecule has 2 amide bonds. The Balaban J connectivity index is 1.87. The van der Waals surface area contributed by atoms with Crippen molar-refractivity contribution < 1.29 is 14.3 Å². The lowest BCUT2D eigenvalue weighted by molar-refractivity contribution is -0.132. The van der Waals surface area contributed by atoms with E-state index < -0.39 is 5.60 Å². The molecule has 0 saturated carbocycles. The number of hydrogen-bond donors (Lipinski definition) is 1. The van der Waals surface area contributed by atoms with Gasteiger partial charge in [-0.25, -0.2) is 4.79 Å². The second-order valence-corrected chi connectivity index (χ2v) is 7.96. The summed E-state index contributed by atoms with van der Waals surface area (Å²) in [5.74, 6) is 0.346. The van der Waals surface area contributed by atoms with Crippen LogP contribution >= 0.6 is 0 Å². The molecule has 1 aliphatic rings. The van der Waals surface area contributed by atoms with Gasteiger partial charge in [0.1, 0.15) is 5.60 Å². The summed E-state index contributed by atoms with van der Waals surface area (Å²) in [6.45, 7) is 11.0. The van der Waals surface area contributed by atoms with E-state index in [1.807, 2.05) is 56.9 Å². The summed E-state index contributed by atoms with van der Waals surface area (Å²) in [5, 5.41) is 2.94. The molecule has 1 aliphatic heterocycles. The highest BCUT2D eigenvalue weighted by Crippen LogP contribution is 2.19. The maximum atomic E-state index is 12.6. The molecule has 5 nitrogen and oxygen atoms in total. The molecule has 1 aromatic carbocycles. The first-order chi connectivity index (χ1) is 11.7. The fourth-order valence-electron chi connectivity index (χ4n) is 3.13. The molecule has 25 heavy (non-hydrogen) atoms. The zero-order valence-electron chi connectivity index (χ0n) is 16.0. The largest absolute Gasteiger partial charge is 0.444 e. The Hall–Kier alpha value is -2.04. The van der Waals surface area contributed by atoms with Crippen molar-refractivity contribution in [2.24, 2.45) is 5.92 Å². The highest BCUT2D eigenvalue weighted by Gasteiger charge is 2.30. The third-order valence-corrected chi connectivity index (χ3v) is 4.56. The molecule has 0 aromatic heterocycles. The van der Waals surface area contributed by atoms with Crippen LogP contribution in [0, 0.1) is 12.8 Å². The molecule has 0 radical (unpaired) electrons. The van der Waals surface area contributed by atoms with Crippen LogP contribution in [0.25, 0.3) is 0 Å². The molecule has 0 unspecified atom stereocenters. The lowest BCUT2D eigenvalue weighted by Gasteiger charge is -2.37. The Labute approximate surface area is 150 Å². The highest BCUT2D eigenvalue weighted by atomic mass is 16.6. The Morgan fingerprint density at radius 1 is 1.28 bits per heavy atom. The minimum atomic E-state index is -0.502. The molecule has 1 heterocycles. The first-order valence-electron chi connectivity index (χ1n) is 8.97. The fourth-order valence-corrected chi connectivity index (χ4v) is 3.13. The van der Waals surface area contributed by atoms with Crippen LogP contribution in [0.5, 0.6) is 0 Å². The van der Waals surface area contributed by atoms with Gasteiger partial charge in [-0.05, 0) is 51.2 Å². The minimum Gasteiger partial charge on any atom is -0.444 e. The van der Waals surface area contributed by atoms with Gasteiger partial charge in [-0.1, -0.05) is 31.2 Å². The topological polar surface area (TPSA) is 58.6 Å². The number of likely N-dealkylation sites (tertiary alicyclic amines) is 1. The van der Waals surface area contributed by atoms with E-state index in [2.05, 4.69) is 12.2 Å². The number of benzene rings is 1. The van der Waals surface area contributed by atoms with Gasteiger partial charge in [0.05, 0.1) is 6.42 Å². The first-order valence-corrected chi connectivity index (χ1v) is 8.97. The van der Waals surface area contributed by atoms with E-state index in [1.54, 1.807) is 0 Å². The van der Waals surface area contributed by atoms with Crippen molar-refractivity contribution in [2.75, 3.05) is 13.1 Å². The number of carbonyl (C=O) groups is 2. The summed E-state index contributed by atoms with van der Waals surface area (Å²) in [4.78, 5) is 26.5. The second-order valence-electron chi connectivity index (χ2n) is 7.96. The number of hydrogen-bond acceptors (Lipinski definition) is 3. The predicted octanol–water partition coefficient (Wildman–Crippen LogP) is 3.30. The molecule has 1 aromatic rings. The average molecular weight is 346 g/mol. The molecule has 0 bridgehead atoms. The van der Waals surface area contributed by atoms with Gasteiger partial charge in [0.25, 0.3) is 0 Å². The van der Waals surface area contributed by atoms with Gasteiger partial charge in [-0.3, -0.25) is 4.79 Å². The molecule has 1 saturated heterocycles. The molecule has 0 spiro atoms. The molecular weight excluding hydrogens is 316 g/mol. The van der Waals surface area contributed by atoms with Gasteiger partial charge < -0.3 is 15.0 Å². The zero-order chi connectivity index (χ0) is 18.6. The fraction of sp³-hybridized carbons (Fsp3) is 0.600. The van der Waals surface area contributed by atoms with E-state index in [0.29, 0.717) is 19.5 Å². The van der Waals surface area contributed by atoms with Gasteiger partial charge in [0.2, 0.25) is 5.91 Å². The van der Waals surface area contributed by atoms with Crippen molar-refractivity contribution in [3.05, 3.63) is 35.4 Å². The number of piperidine rings is 1. The summed E-state index contributed by atoms with van der Waals surface area (Å²) >= 11 is 0. The normalized spacial score (nSPS) is 20.9. The molecular formula is C20H30N2O3. The Kier molecular flexibility index (Phi) is 6.09. The lowest BCUT2D eigenvalue weighted by atomic mass is 9.93. The maximum absolute atomic E-state index is 12.6. The number of amides is 2. The van der Waals surface area contributed by atoms with Crippen molar-refractivity contribution in [1.29, 1.82) is 0 Å². The van der Waals surface area contributed by atoms with E-state index in [4.69, 9.17) is 4.74 Å². The lowest BCUT2D eigenvalue weighted by Crippen LogP contribution is -2.52. The van der Waals surface area contributed by atoms with E-state index in [1.165, 1.54) is 0 Å². The van der Waals surface area contributed by atoms with Gasteiger partial charge in [0, 0.05) is 19.1 Å². The highest BCUT2D eigenvalue weighted by molar-refractivity contribution is 5.79. The van der Waals surface area contributed by atoms with E-state index in [-0.39, 0.29) is 24.0 Å². The molecule has 1 fully saturated rings. The van der Waals surface area contributed by atoms with Gasteiger partial charge >= 0.3 is 6.09 Å². The summed E-state index contributed by atoms with van der Waals surface area (Å²) in [6.07, 6.45) is 0.799. The summed E-state index contributed by atoms with van der Waals surface area (Å²) in [5.41, 5.74) is 1.72.